The molecule has 0 heterocycles. The van der Waals surface area contributed by atoms with E-state index in [-0.39, 0.29) is 30.3 Å². The van der Waals surface area contributed by atoms with Crippen molar-refractivity contribution in [3.05, 3.63) is 0 Å². The fourth-order valence-corrected chi connectivity index (χ4v) is 1.91. The van der Waals surface area contributed by atoms with Crippen LogP contribution in [0.25, 0.3) is 0 Å². The molecule has 0 radical (unpaired) electrons. The van der Waals surface area contributed by atoms with Crippen LogP contribution in [0.4, 0.5) is 0 Å². The predicted octanol–water partition coefficient (Wildman–Crippen LogP) is 0.958. The summed E-state index contributed by atoms with van der Waals surface area (Å²) in [6, 6.07) is 0.131. The molecule has 1 rings (SSSR count). The fraction of sp³-hybridized carbons (Fsp3) is 0.846. The van der Waals surface area contributed by atoms with Gasteiger partial charge in [0.25, 0.3) is 0 Å². The Morgan fingerprint density at radius 3 is 2.42 bits per heavy atom. The number of carbonyl (C=O) groups is 2. The lowest BCUT2D eigenvalue weighted by atomic mass is 10.1. The number of nitrogens with one attached hydrogen (secondary N) is 2. The number of carbonyl (C=O) groups excluding carboxylic acids is 2. The molecule has 1 saturated carbocycles. The SMILES string of the molecule is CCCNC(=O)CCCC(=O)NC(CN)C1CC1.Cl. The van der Waals surface area contributed by atoms with Crippen LogP contribution >= 0.6 is 12.4 Å². The second kappa shape index (κ2) is 10.0. The molecule has 0 aromatic carbocycles. The van der Waals surface area contributed by atoms with Crippen LogP contribution in [0.2, 0.25) is 0 Å². The van der Waals surface area contributed by atoms with Gasteiger partial charge in [0.15, 0.2) is 0 Å². The molecule has 6 heteroatoms. The maximum Gasteiger partial charge on any atom is 0.220 e. The first kappa shape index (κ1) is 18.2. The van der Waals surface area contributed by atoms with Gasteiger partial charge in [-0.25, -0.2) is 0 Å². The Balaban J connectivity index is 0.00000324. The van der Waals surface area contributed by atoms with E-state index in [1.807, 2.05) is 6.92 Å². The summed E-state index contributed by atoms with van der Waals surface area (Å²) in [6.07, 6.45) is 4.70. The van der Waals surface area contributed by atoms with Gasteiger partial charge in [-0.15, -0.1) is 12.4 Å². The maximum atomic E-state index is 11.6. The third-order valence-electron chi connectivity index (χ3n) is 3.17. The highest BCUT2D eigenvalue weighted by molar-refractivity contribution is 5.85. The van der Waals surface area contributed by atoms with E-state index in [4.69, 9.17) is 5.73 Å². The lowest BCUT2D eigenvalue weighted by molar-refractivity contribution is -0.122. The molecular formula is C13H26ClN3O2. The van der Waals surface area contributed by atoms with Gasteiger partial charge in [0.05, 0.1) is 0 Å². The fourth-order valence-electron chi connectivity index (χ4n) is 1.91. The number of hydrogen-bond donors (Lipinski definition) is 3. The number of nitrogens with two attached hydrogens (primary N) is 1. The molecule has 19 heavy (non-hydrogen) atoms. The van der Waals surface area contributed by atoms with Gasteiger partial charge in [-0.3, -0.25) is 9.59 Å². The summed E-state index contributed by atoms with van der Waals surface area (Å²) in [4.78, 5) is 23.0. The zero-order chi connectivity index (χ0) is 13.4. The van der Waals surface area contributed by atoms with Crippen molar-refractivity contribution in [2.45, 2.75) is 51.5 Å². The minimum absolute atomic E-state index is 0. The lowest BCUT2D eigenvalue weighted by Gasteiger charge is -2.15. The molecule has 0 saturated heterocycles. The van der Waals surface area contributed by atoms with Gasteiger partial charge in [-0.2, -0.15) is 0 Å². The van der Waals surface area contributed by atoms with E-state index in [9.17, 15) is 9.59 Å². The predicted molar refractivity (Wildman–Crippen MR) is 78.1 cm³/mol. The number of amides is 2. The van der Waals surface area contributed by atoms with Crippen molar-refractivity contribution < 1.29 is 9.59 Å². The van der Waals surface area contributed by atoms with Crippen molar-refractivity contribution in [2.24, 2.45) is 11.7 Å². The Morgan fingerprint density at radius 2 is 1.89 bits per heavy atom. The Hall–Kier alpha value is -0.810. The van der Waals surface area contributed by atoms with Crippen LogP contribution in [0, 0.1) is 5.92 Å². The Labute approximate surface area is 121 Å². The number of hydrogen-bond acceptors (Lipinski definition) is 3. The minimum Gasteiger partial charge on any atom is -0.356 e. The van der Waals surface area contributed by atoms with Crippen LogP contribution in [0.3, 0.4) is 0 Å². The third-order valence-corrected chi connectivity index (χ3v) is 3.17. The largest absolute Gasteiger partial charge is 0.356 e. The molecule has 0 aromatic heterocycles. The monoisotopic (exact) mass is 291 g/mol. The second-order valence-corrected chi connectivity index (χ2v) is 4.95. The Kier molecular flexibility index (Phi) is 9.61. The lowest BCUT2D eigenvalue weighted by Crippen LogP contribution is -2.41. The average Bonchev–Trinajstić information content (AvgIpc) is 3.17. The van der Waals surface area contributed by atoms with Gasteiger partial charge in [-0.1, -0.05) is 6.92 Å². The molecule has 1 aliphatic rings. The quantitative estimate of drug-likeness (QED) is 0.591. The molecule has 1 atom stereocenters. The van der Waals surface area contributed by atoms with Crippen molar-refractivity contribution in [1.29, 1.82) is 0 Å². The molecule has 1 unspecified atom stereocenters. The van der Waals surface area contributed by atoms with E-state index in [1.54, 1.807) is 0 Å². The molecular weight excluding hydrogens is 266 g/mol. The highest BCUT2D eigenvalue weighted by Gasteiger charge is 2.30. The van der Waals surface area contributed by atoms with E-state index in [2.05, 4.69) is 10.6 Å². The molecule has 5 nitrogen and oxygen atoms in total. The van der Waals surface area contributed by atoms with Crippen LogP contribution in [0.1, 0.15) is 45.4 Å². The Morgan fingerprint density at radius 1 is 1.26 bits per heavy atom. The molecule has 4 N–H and O–H groups in total. The standard InChI is InChI=1S/C13H25N3O2.ClH/c1-2-8-15-12(17)4-3-5-13(18)16-11(9-14)10-6-7-10;/h10-11H,2-9,14H2,1H3,(H,15,17)(H,16,18);1H. The summed E-state index contributed by atoms with van der Waals surface area (Å²) < 4.78 is 0. The third kappa shape index (κ3) is 8.06. The van der Waals surface area contributed by atoms with Crippen molar-refractivity contribution in [3.63, 3.8) is 0 Å². The van der Waals surface area contributed by atoms with Crippen LogP contribution in [0.5, 0.6) is 0 Å². The molecule has 2 amide bonds. The molecule has 1 fully saturated rings. The van der Waals surface area contributed by atoms with E-state index >= 15 is 0 Å². The number of rotatable bonds is 9. The zero-order valence-electron chi connectivity index (χ0n) is 11.6. The minimum atomic E-state index is 0. The summed E-state index contributed by atoms with van der Waals surface area (Å²) in [5.74, 6) is 0.620. The van der Waals surface area contributed by atoms with Gasteiger partial charge >= 0.3 is 0 Å². The molecule has 112 valence electrons. The first-order valence-electron chi connectivity index (χ1n) is 6.93. The second-order valence-electron chi connectivity index (χ2n) is 4.95. The highest BCUT2D eigenvalue weighted by Crippen LogP contribution is 2.32. The van der Waals surface area contributed by atoms with Crippen LogP contribution in [-0.2, 0) is 9.59 Å². The van der Waals surface area contributed by atoms with Gasteiger partial charge in [0.1, 0.15) is 0 Å². The molecule has 0 aromatic rings. The van der Waals surface area contributed by atoms with Crippen molar-refractivity contribution >= 4 is 24.2 Å². The Bertz CT molecular complexity index is 283. The molecule has 0 spiro atoms. The van der Waals surface area contributed by atoms with Crippen molar-refractivity contribution in [2.75, 3.05) is 13.1 Å². The van der Waals surface area contributed by atoms with E-state index in [0.717, 1.165) is 6.42 Å². The highest BCUT2D eigenvalue weighted by atomic mass is 35.5. The van der Waals surface area contributed by atoms with Crippen molar-refractivity contribution in [1.82, 2.24) is 10.6 Å². The topological polar surface area (TPSA) is 84.2 Å². The first-order chi connectivity index (χ1) is 8.67. The van der Waals surface area contributed by atoms with E-state index < -0.39 is 0 Å². The van der Waals surface area contributed by atoms with Crippen LogP contribution in [0.15, 0.2) is 0 Å². The summed E-state index contributed by atoms with van der Waals surface area (Å²) in [5, 5.41) is 5.75. The van der Waals surface area contributed by atoms with Crippen LogP contribution < -0.4 is 16.4 Å². The maximum absolute atomic E-state index is 11.6. The van der Waals surface area contributed by atoms with Gasteiger partial charge in [-0.05, 0) is 31.6 Å². The average molecular weight is 292 g/mol. The van der Waals surface area contributed by atoms with Gasteiger partial charge in [0, 0.05) is 32.0 Å². The van der Waals surface area contributed by atoms with Gasteiger partial charge in [0.2, 0.25) is 11.8 Å². The smallest absolute Gasteiger partial charge is 0.220 e. The van der Waals surface area contributed by atoms with Crippen LogP contribution in [-0.4, -0.2) is 30.9 Å². The first-order valence-corrected chi connectivity index (χ1v) is 6.93. The molecule has 0 aliphatic heterocycles. The summed E-state index contributed by atoms with van der Waals surface area (Å²) in [7, 11) is 0. The summed E-state index contributed by atoms with van der Waals surface area (Å²) in [6.45, 7) is 3.23. The number of halogens is 1. The molecule has 1 aliphatic carbocycles. The summed E-state index contributed by atoms with van der Waals surface area (Å²) in [5.41, 5.74) is 5.61. The van der Waals surface area contributed by atoms with Crippen molar-refractivity contribution in [3.8, 4) is 0 Å². The van der Waals surface area contributed by atoms with E-state index in [0.29, 0.717) is 38.3 Å². The normalized spacial score (nSPS) is 15.3. The molecule has 0 bridgehead atoms. The summed E-state index contributed by atoms with van der Waals surface area (Å²) >= 11 is 0. The van der Waals surface area contributed by atoms with E-state index in [1.165, 1.54) is 12.8 Å². The van der Waals surface area contributed by atoms with Gasteiger partial charge < -0.3 is 16.4 Å². The zero-order valence-corrected chi connectivity index (χ0v) is 12.4.